The fraction of sp³-hybridized carbons (Fsp3) is 0.0588. The summed E-state index contributed by atoms with van der Waals surface area (Å²) in [5, 5.41) is 8.75. The molecule has 0 spiro atoms. The van der Waals surface area contributed by atoms with E-state index in [-0.39, 0.29) is 22.9 Å². The smallest absolute Gasteiger partial charge is 0.272 e. The lowest BCUT2D eigenvalue weighted by molar-refractivity contribution is -0.114. The molecule has 0 aliphatic rings. The molecule has 1 aromatic heterocycles. The number of nitrogens with one attached hydrogen (secondary N) is 3. The topological polar surface area (TPSA) is 100 Å². The summed E-state index contributed by atoms with van der Waals surface area (Å²) in [6.07, 6.45) is 1.29. The van der Waals surface area contributed by atoms with Crippen LogP contribution in [-0.2, 0) is 9.59 Å². The Morgan fingerprint density at radius 2 is 1.50 bits per heavy atom. The summed E-state index contributed by atoms with van der Waals surface area (Å²) in [7, 11) is 0. The maximum atomic E-state index is 14.4. The van der Waals surface area contributed by atoms with E-state index in [0.717, 1.165) is 21.0 Å². The second kappa shape index (κ2) is 14.4. The number of thiazole rings is 1. The Bertz CT molecular complexity index is 1810. The minimum absolute atomic E-state index is 0.119. The van der Waals surface area contributed by atoms with Crippen LogP contribution in [-0.4, -0.2) is 28.5 Å². The fourth-order valence-electron chi connectivity index (χ4n) is 4.14. The Kier molecular flexibility index (Phi) is 9.96. The van der Waals surface area contributed by atoms with Gasteiger partial charge in [-0.2, -0.15) is 0 Å². The van der Waals surface area contributed by atoms with E-state index in [1.165, 1.54) is 41.3 Å². The summed E-state index contributed by atoms with van der Waals surface area (Å²) in [5.41, 5.74) is 2.70. The van der Waals surface area contributed by atoms with Gasteiger partial charge in [0.15, 0.2) is 5.13 Å². The first-order valence-electron chi connectivity index (χ1n) is 13.6. The van der Waals surface area contributed by atoms with Crippen molar-refractivity contribution in [3.8, 4) is 11.3 Å². The lowest BCUT2D eigenvalue weighted by atomic mass is 10.1. The lowest BCUT2D eigenvalue weighted by Crippen LogP contribution is -2.30. The third-order valence-corrected chi connectivity index (χ3v) is 8.20. The molecule has 3 amide bonds. The maximum Gasteiger partial charge on any atom is 0.272 e. The van der Waals surface area contributed by atoms with E-state index in [1.807, 2.05) is 37.3 Å². The number of hydrogen-bond acceptors (Lipinski definition) is 6. The van der Waals surface area contributed by atoms with Crippen molar-refractivity contribution in [2.75, 3.05) is 16.4 Å². The zero-order valence-corrected chi connectivity index (χ0v) is 25.2. The second-order valence-electron chi connectivity index (χ2n) is 9.50. The molecule has 5 aromatic rings. The number of thioether (sulfide) groups is 1. The van der Waals surface area contributed by atoms with Gasteiger partial charge in [-0.25, -0.2) is 9.37 Å². The fourth-order valence-corrected chi connectivity index (χ4v) is 5.69. The highest BCUT2D eigenvalue weighted by molar-refractivity contribution is 8.00. The zero-order chi connectivity index (χ0) is 30.9. The molecule has 0 aliphatic carbocycles. The van der Waals surface area contributed by atoms with Crippen molar-refractivity contribution in [1.29, 1.82) is 0 Å². The number of nitrogens with zero attached hydrogens (tertiary/aromatic N) is 1. The van der Waals surface area contributed by atoms with Crippen LogP contribution in [0.5, 0.6) is 0 Å². The Balaban J connectivity index is 1.20. The maximum absolute atomic E-state index is 14.4. The van der Waals surface area contributed by atoms with Crippen LogP contribution < -0.4 is 16.0 Å². The molecular formula is C34H27FN4O3S2. The summed E-state index contributed by atoms with van der Waals surface area (Å²) in [4.78, 5) is 45.0. The van der Waals surface area contributed by atoms with E-state index in [1.54, 1.807) is 66.7 Å². The first kappa shape index (κ1) is 30.4. The van der Waals surface area contributed by atoms with Crippen molar-refractivity contribution in [1.82, 2.24) is 10.3 Å². The Morgan fingerprint density at radius 3 is 2.20 bits per heavy atom. The van der Waals surface area contributed by atoms with Gasteiger partial charge in [0.1, 0.15) is 11.5 Å². The van der Waals surface area contributed by atoms with Gasteiger partial charge in [-0.3, -0.25) is 14.4 Å². The number of aryl methyl sites for hydroxylation is 1. The molecule has 5 rings (SSSR count). The van der Waals surface area contributed by atoms with Gasteiger partial charge in [-0.15, -0.1) is 23.1 Å². The van der Waals surface area contributed by atoms with Gasteiger partial charge < -0.3 is 16.0 Å². The zero-order valence-electron chi connectivity index (χ0n) is 23.5. The van der Waals surface area contributed by atoms with Crippen LogP contribution in [0.25, 0.3) is 17.3 Å². The third-order valence-electron chi connectivity index (χ3n) is 6.31. The summed E-state index contributed by atoms with van der Waals surface area (Å²) < 4.78 is 14.4. The molecule has 10 heteroatoms. The van der Waals surface area contributed by atoms with E-state index in [9.17, 15) is 18.8 Å². The van der Waals surface area contributed by atoms with Crippen LogP contribution in [0.1, 0.15) is 20.8 Å². The summed E-state index contributed by atoms with van der Waals surface area (Å²) >= 11 is 2.77. The average molecular weight is 623 g/mol. The summed E-state index contributed by atoms with van der Waals surface area (Å²) in [6.45, 7) is 1.97. The molecule has 1 heterocycles. The van der Waals surface area contributed by atoms with Crippen LogP contribution in [0.4, 0.5) is 15.2 Å². The van der Waals surface area contributed by atoms with Crippen LogP contribution in [0.3, 0.4) is 0 Å². The number of aromatic nitrogens is 1. The molecule has 220 valence electrons. The minimum atomic E-state index is -0.620. The number of carbonyl (C=O) groups excluding carboxylic acids is 3. The number of anilines is 2. The Morgan fingerprint density at radius 1 is 0.841 bits per heavy atom. The normalized spacial score (nSPS) is 11.1. The quantitative estimate of drug-likeness (QED) is 0.111. The second-order valence-corrected chi connectivity index (χ2v) is 11.8. The molecular weight excluding hydrogens is 596 g/mol. The molecule has 0 saturated heterocycles. The minimum Gasteiger partial charge on any atom is -0.321 e. The van der Waals surface area contributed by atoms with Gasteiger partial charge in [-0.1, -0.05) is 66.7 Å². The predicted octanol–water partition coefficient (Wildman–Crippen LogP) is 7.40. The number of halogens is 1. The molecule has 4 aromatic carbocycles. The van der Waals surface area contributed by atoms with E-state index >= 15 is 0 Å². The van der Waals surface area contributed by atoms with Crippen molar-refractivity contribution in [3.05, 3.63) is 137 Å². The largest absolute Gasteiger partial charge is 0.321 e. The molecule has 0 aliphatic heterocycles. The number of carbonyl (C=O) groups is 3. The molecule has 0 radical (unpaired) electrons. The molecule has 0 bridgehead atoms. The highest BCUT2D eigenvalue weighted by Gasteiger charge is 2.16. The monoisotopic (exact) mass is 622 g/mol. The van der Waals surface area contributed by atoms with Gasteiger partial charge in [-0.05, 0) is 55.5 Å². The molecule has 3 N–H and O–H groups in total. The summed E-state index contributed by atoms with van der Waals surface area (Å²) in [6, 6.07) is 31.1. The van der Waals surface area contributed by atoms with Crippen molar-refractivity contribution in [3.63, 3.8) is 0 Å². The van der Waals surface area contributed by atoms with Gasteiger partial charge in [0.05, 0.1) is 11.4 Å². The van der Waals surface area contributed by atoms with Crippen molar-refractivity contribution >= 4 is 57.7 Å². The van der Waals surface area contributed by atoms with E-state index in [4.69, 9.17) is 0 Å². The average Bonchev–Trinajstić information content (AvgIpc) is 3.41. The number of benzene rings is 4. The van der Waals surface area contributed by atoms with Crippen LogP contribution in [0, 0.1) is 12.7 Å². The standard InChI is InChI=1S/C34H27FN4O3S2/c1-22-31(23-10-4-2-5-11-23)39-34(44-22)38-30(40)21-43-27-18-16-26(17-19-27)36-33(42)29(20-25-14-8-9-15-28(25)35)37-32(41)24-12-6-3-7-13-24/h2-20H,21H2,1H3,(H,36,42)(H,37,41)(H,38,39,40)/b29-20-. The number of amides is 3. The molecule has 0 fully saturated rings. The SMILES string of the molecule is Cc1sc(NC(=O)CSc2ccc(NC(=O)/C(=C/c3ccccc3F)NC(=O)c3ccccc3)cc2)nc1-c1ccccc1. The van der Waals surface area contributed by atoms with Crippen LogP contribution >= 0.6 is 23.1 Å². The van der Waals surface area contributed by atoms with Crippen molar-refractivity contribution in [2.45, 2.75) is 11.8 Å². The Labute approximate surface area is 262 Å². The number of hydrogen-bond donors (Lipinski definition) is 3. The predicted molar refractivity (Wildman–Crippen MR) is 175 cm³/mol. The molecule has 0 saturated carbocycles. The van der Waals surface area contributed by atoms with Gasteiger partial charge in [0.25, 0.3) is 11.8 Å². The van der Waals surface area contributed by atoms with Crippen molar-refractivity contribution in [2.24, 2.45) is 0 Å². The first-order valence-corrected chi connectivity index (χ1v) is 15.4. The van der Waals surface area contributed by atoms with Crippen molar-refractivity contribution < 1.29 is 18.8 Å². The van der Waals surface area contributed by atoms with Crippen LogP contribution in [0.2, 0.25) is 0 Å². The molecule has 0 atom stereocenters. The first-order chi connectivity index (χ1) is 21.4. The highest BCUT2D eigenvalue weighted by Crippen LogP contribution is 2.30. The van der Waals surface area contributed by atoms with Gasteiger partial charge >= 0.3 is 0 Å². The van der Waals surface area contributed by atoms with E-state index in [2.05, 4.69) is 20.9 Å². The molecule has 44 heavy (non-hydrogen) atoms. The Hall–Kier alpha value is -5.06. The molecule has 0 unspecified atom stereocenters. The van der Waals surface area contributed by atoms with Crippen LogP contribution in [0.15, 0.2) is 120 Å². The third kappa shape index (κ3) is 8.06. The van der Waals surface area contributed by atoms with E-state index < -0.39 is 17.6 Å². The van der Waals surface area contributed by atoms with Gasteiger partial charge in [0.2, 0.25) is 5.91 Å². The van der Waals surface area contributed by atoms with E-state index in [0.29, 0.717) is 16.4 Å². The summed E-state index contributed by atoms with van der Waals surface area (Å²) in [5.74, 6) is -1.66. The lowest BCUT2D eigenvalue weighted by Gasteiger charge is -2.12. The number of rotatable bonds is 10. The highest BCUT2D eigenvalue weighted by atomic mass is 32.2. The molecule has 7 nitrogen and oxygen atoms in total. The van der Waals surface area contributed by atoms with Gasteiger partial charge in [0, 0.05) is 32.2 Å².